The molecule has 0 heterocycles. The average molecular weight is 300 g/mol. The Morgan fingerprint density at radius 1 is 1.05 bits per heavy atom. The number of nitrogens with two attached hydrogens (primary N) is 1. The standard InChI is InChI=1S/C18H21FN2O/c1-21(13-15-5-9-16(19)10-6-15)18(22)4-2-3-14-7-11-17(20)12-8-14/h5-12H,2-4,13,20H2,1H3. The molecule has 0 aromatic heterocycles. The van der Waals surface area contributed by atoms with E-state index in [4.69, 9.17) is 5.73 Å². The second-order valence-corrected chi connectivity index (χ2v) is 5.47. The number of nitrogen functional groups attached to an aromatic ring is 1. The van der Waals surface area contributed by atoms with Crippen LogP contribution < -0.4 is 5.73 Å². The summed E-state index contributed by atoms with van der Waals surface area (Å²) in [4.78, 5) is 13.8. The molecule has 2 aromatic rings. The van der Waals surface area contributed by atoms with Gasteiger partial charge in [-0.2, -0.15) is 0 Å². The van der Waals surface area contributed by atoms with E-state index in [1.54, 1.807) is 24.1 Å². The Bertz CT molecular complexity index is 608. The molecule has 0 aliphatic rings. The smallest absolute Gasteiger partial charge is 0.222 e. The third-order valence-electron chi connectivity index (χ3n) is 3.59. The molecule has 0 bridgehead atoms. The summed E-state index contributed by atoms with van der Waals surface area (Å²) in [5, 5.41) is 0. The van der Waals surface area contributed by atoms with E-state index in [1.165, 1.54) is 17.7 Å². The summed E-state index contributed by atoms with van der Waals surface area (Å²) in [5.41, 5.74) is 8.50. The molecule has 0 aliphatic heterocycles. The average Bonchev–Trinajstić information content (AvgIpc) is 2.51. The maximum absolute atomic E-state index is 12.8. The van der Waals surface area contributed by atoms with E-state index in [2.05, 4.69) is 0 Å². The van der Waals surface area contributed by atoms with E-state index in [0.29, 0.717) is 13.0 Å². The lowest BCUT2D eigenvalue weighted by atomic mass is 10.1. The molecule has 0 spiro atoms. The van der Waals surface area contributed by atoms with Crippen LogP contribution in [0.1, 0.15) is 24.0 Å². The van der Waals surface area contributed by atoms with Gasteiger partial charge in [-0.15, -0.1) is 0 Å². The molecule has 116 valence electrons. The van der Waals surface area contributed by atoms with Crippen molar-refractivity contribution in [3.05, 3.63) is 65.5 Å². The van der Waals surface area contributed by atoms with Gasteiger partial charge >= 0.3 is 0 Å². The number of aryl methyl sites for hydroxylation is 1. The monoisotopic (exact) mass is 300 g/mol. The van der Waals surface area contributed by atoms with Crippen LogP contribution in [0, 0.1) is 5.82 Å². The van der Waals surface area contributed by atoms with Crippen molar-refractivity contribution in [3.8, 4) is 0 Å². The van der Waals surface area contributed by atoms with Crippen LogP contribution in [-0.2, 0) is 17.8 Å². The van der Waals surface area contributed by atoms with Gasteiger partial charge in [-0.1, -0.05) is 24.3 Å². The SMILES string of the molecule is CN(Cc1ccc(F)cc1)C(=O)CCCc1ccc(N)cc1. The van der Waals surface area contributed by atoms with Gasteiger partial charge in [-0.25, -0.2) is 4.39 Å². The summed E-state index contributed by atoms with van der Waals surface area (Å²) < 4.78 is 12.8. The van der Waals surface area contributed by atoms with Crippen LogP contribution in [0.4, 0.5) is 10.1 Å². The van der Waals surface area contributed by atoms with Crippen molar-refractivity contribution >= 4 is 11.6 Å². The van der Waals surface area contributed by atoms with Crippen LogP contribution >= 0.6 is 0 Å². The zero-order valence-electron chi connectivity index (χ0n) is 12.8. The van der Waals surface area contributed by atoms with Gasteiger partial charge in [-0.05, 0) is 48.2 Å². The molecule has 22 heavy (non-hydrogen) atoms. The van der Waals surface area contributed by atoms with Crippen molar-refractivity contribution in [2.24, 2.45) is 0 Å². The van der Waals surface area contributed by atoms with Gasteiger partial charge < -0.3 is 10.6 Å². The number of amides is 1. The molecular formula is C18H21FN2O. The molecular weight excluding hydrogens is 279 g/mol. The van der Waals surface area contributed by atoms with Crippen molar-refractivity contribution in [1.29, 1.82) is 0 Å². The van der Waals surface area contributed by atoms with Crippen LogP contribution in [-0.4, -0.2) is 17.9 Å². The summed E-state index contributed by atoms with van der Waals surface area (Å²) in [7, 11) is 1.77. The number of nitrogens with zero attached hydrogens (tertiary/aromatic N) is 1. The van der Waals surface area contributed by atoms with Gasteiger partial charge in [0, 0.05) is 25.7 Å². The first-order chi connectivity index (χ1) is 10.5. The zero-order chi connectivity index (χ0) is 15.9. The van der Waals surface area contributed by atoms with Crippen molar-refractivity contribution in [3.63, 3.8) is 0 Å². The van der Waals surface area contributed by atoms with E-state index < -0.39 is 0 Å². The van der Waals surface area contributed by atoms with Gasteiger partial charge in [0.05, 0.1) is 0 Å². The van der Waals surface area contributed by atoms with Crippen molar-refractivity contribution in [2.45, 2.75) is 25.8 Å². The molecule has 3 nitrogen and oxygen atoms in total. The Balaban J connectivity index is 1.76. The van der Waals surface area contributed by atoms with Gasteiger partial charge in [0.2, 0.25) is 5.91 Å². The van der Waals surface area contributed by atoms with Crippen LogP contribution in [0.5, 0.6) is 0 Å². The van der Waals surface area contributed by atoms with E-state index in [9.17, 15) is 9.18 Å². The normalized spacial score (nSPS) is 10.5. The lowest BCUT2D eigenvalue weighted by molar-refractivity contribution is -0.130. The highest BCUT2D eigenvalue weighted by atomic mass is 19.1. The molecule has 2 rings (SSSR count). The number of anilines is 1. The molecule has 0 unspecified atom stereocenters. The van der Waals surface area contributed by atoms with Gasteiger partial charge in [-0.3, -0.25) is 4.79 Å². The van der Waals surface area contributed by atoms with E-state index in [-0.39, 0.29) is 11.7 Å². The predicted molar refractivity (Wildman–Crippen MR) is 86.7 cm³/mol. The van der Waals surface area contributed by atoms with E-state index >= 15 is 0 Å². The summed E-state index contributed by atoms with van der Waals surface area (Å²) in [6.07, 6.45) is 2.16. The molecule has 0 saturated carbocycles. The number of hydrogen-bond acceptors (Lipinski definition) is 2. The second kappa shape index (κ2) is 7.59. The molecule has 0 radical (unpaired) electrons. The number of carbonyl (C=O) groups excluding carboxylic acids is 1. The number of rotatable bonds is 6. The summed E-state index contributed by atoms with van der Waals surface area (Å²) in [6, 6.07) is 13.9. The van der Waals surface area contributed by atoms with E-state index in [1.807, 2.05) is 24.3 Å². The summed E-state index contributed by atoms with van der Waals surface area (Å²) in [5.74, 6) is -0.166. The second-order valence-electron chi connectivity index (χ2n) is 5.47. The largest absolute Gasteiger partial charge is 0.399 e. The highest BCUT2D eigenvalue weighted by molar-refractivity contribution is 5.75. The van der Waals surface area contributed by atoms with Crippen molar-refractivity contribution < 1.29 is 9.18 Å². The van der Waals surface area contributed by atoms with Gasteiger partial charge in [0.1, 0.15) is 5.82 Å². The Kier molecular flexibility index (Phi) is 5.53. The lowest BCUT2D eigenvalue weighted by Gasteiger charge is -2.17. The lowest BCUT2D eigenvalue weighted by Crippen LogP contribution is -2.25. The highest BCUT2D eigenvalue weighted by Crippen LogP contribution is 2.11. The maximum Gasteiger partial charge on any atom is 0.222 e. The van der Waals surface area contributed by atoms with Crippen LogP contribution in [0.15, 0.2) is 48.5 Å². The molecule has 0 aliphatic carbocycles. The minimum absolute atomic E-state index is 0.0970. The fourth-order valence-electron chi connectivity index (χ4n) is 2.27. The molecule has 0 atom stereocenters. The van der Waals surface area contributed by atoms with E-state index in [0.717, 1.165) is 24.1 Å². The maximum atomic E-state index is 12.8. The van der Waals surface area contributed by atoms with Crippen LogP contribution in [0.3, 0.4) is 0 Å². The Morgan fingerprint density at radius 2 is 1.64 bits per heavy atom. The Hall–Kier alpha value is -2.36. The Morgan fingerprint density at radius 3 is 2.27 bits per heavy atom. The number of hydrogen-bond donors (Lipinski definition) is 1. The summed E-state index contributed by atoms with van der Waals surface area (Å²) >= 11 is 0. The quantitative estimate of drug-likeness (QED) is 0.831. The first-order valence-corrected chi connectivity index (χ1v) is 7.37. The minimum Gasteiger partial charge on any atom is -0.399 e. The number of carbonyl (C=O) groups is 1. The zero-order valence-corrected chi connectivity index (χ0v) is 12.8. The van der Waals surface area contributed by atoms with Crippen LogP contribution in [0.2, 0.25) is 0 Å². The first-order valence-electron chi connectivity index (χ1n) is 7.37. The molecule has 0 saturated heterocycles. The highest BCUT2D eigenvalue weighted by Gasteiger charge is 2.09. The molecule has 2 N–H and O–H groups in total. The molecule has 2 aromatic carbocycles. The third-order valence-corrected chi connectivity index (χ3v) is 3.59. The van der Waals surface area contributed by atoms with Crippen molar-refractivity contribution in [2.75, 3.05) is 12.8 Å². The number of benzene rings is 2. The third kappa shape index (κ3) is 4.88. The van der Waals surface area contributed by atoms with Crippen LogP contribution in [0.25, 0.3) is 0 Å². The molecule has 0 fully saturated rings. The minimum atomic E-state index is -0.263. The van der Waals surface area contributed by atoms with Gasteiger partial charge in [0.15, 0.2) is 0 Å². The fourth-order valence-corrected chi connectivity index (χ4v) is 2.27. The van der Waals surface area contributed by atoms with Crippen molar-refractivity contribution in [1.82, 2.24) is 4.90 Å². The summed E-state index contributed by atoms with van der Waals surface area (Å²) in [6.45, 7) is 0.501. The number of halogens is 1. The molecule has 1 amide bonds. The fraction of sp³-hybridized carbons (Fsp3) is 0.278. The Labute approximate surface area is 130 Å². The molecule has 4 heteroatoms. The van der Waals surface area contributed by atoms with Gasteiger partial charge in [0.25, 0.3) is 0 Å². The first kappa shape index (κ1) is 16.0. The topological polar surface area (TPSA) is 46.3 Å². The predicted octanol–water partition coefficient (Wildman–Crippen LogP) is 3.39.